The maximum absolute atomic E-state index is 12.2. The van der Waals surface area contributed by atoms with E-state index in [1.807, 2.05) is 20.0 Å². The predicted octanol–water partition coefficient (Wildman–Crippen LogP) is 1.71. The van der Waals surface area contributed by atoms with Crippen LogP contribution in [0.1, 0.15) is 21.6 Å². The van der Waals surface area contributed by atoms with Crippen LogP contribution in [0.15, 0.2) is 6.20 Å². The molecule has 3 rings (SSSR count). The van der Waals surface area contributed by atoms with Crippen molar-refractivity contribution in [1.82, 2.24) is 4.98 Å². The fourth-order valence-corrected chi connectivity index (χ4v) is 2.65. The van der Waals surface area contributed by atoms with Crippen LogP contribution in [0.3, 0.4) is 0 Å². The lowest BCUT2D eigenvalue weighted by Crippen LogP contribution is -2.11. The summed E-state index contributed by atoms with van der Waals surface area (Å²) in [4.78, 5) is 15.3. The fourth-order valence-electron chi connectivity index (χ4n) is 2.65. The van der Waals surface area contributed by atoms with E-state index in [0.717, 1.165) is 24.5 Å². The summed E-state index contributed by atoms with van der Waals surface area (Å²) in [6.45, 7) is 5.59. The van der Waals surface area contributed by atoms with E-state index < -0.39 is 0 Å². The van der Waals surface area contributed by atoms with Crippen LogP contribution >= 0.6 is 0 Å². The first-order valence-corrected chi connectivity index (χ1v) is 5.46. The minimum absolute atomic E-state index is 0.232. The first kappa shape index (κ1) is 9.16. The molecular formula is C12H15NO2. The van der Waals surface area contributed by atoms with Crippen molar-refractivity contribution < 1.29 is 9.53 Å². The average Bonchev–Trinajstić information content (AvgIpc) is 2.58. The van der Waals surface area contributed by atoms with Gasteiger partial charge in [-0.05, 0) is 36.8 Å². The molecule has 0 radical (unpaired) electrons. The van der Waals surface area contributed by atoms with Gasteiger partial charge in [0.1, 0.15) is 0 Å². The largest absolute Gasteiger partial charge is 0.381 e. The molecule has 1 aromatic rings. The molecule has 3 heteroatoms. The van der Waals surface area contributed by atoms with Gasteiger partial charge in [-0.15, -0.1) is 0 Å². The molecule has 2 atom stereocenters. The van der Waals surface area contributed by atoms with Gasteiger partial charge in [-0.25, -0.2) is 0 Å². The van der Waals surface area contributed by atoms with E-state index in [9.17, 15) is 4.79 Å². The lowest BCUT2D eigenvalue weighted by Gasteiger charge is -2.03. The highest BCUT2D eigenvalue weighted by molar-refractivity contribution is 6.00. The molecule has 3 nitrogen and oxygen atoms in total. The number of ketones is 1. The highest BCUT2D eigenvalue weighted by Crippen LogP contribution is 2.52. The van der Waals surface area contributed by atoms with E-state index in [1.54, 1.807) is 0 Å². The predicted molar refractivity (Wildman–Crippen MR) is 55.9 cm³/mol. The molecule has 0 aromatic carbocycles. The Bertz CT molecular complexity index is 411. The summed E-state index contributed by atoms with van der Waals surface area (Å²) in [6.07, 6.45) is 1.91. The van der Waals surface area contributed by atoms with E-state index in [4.69, 9.17) is 4.74 Å². The summed E-state index contributed by atoms with van der Waals surface area (Å²) in [7, 11) is 0. The number of H-pyrrole nitrogens is 1. The van der Waals surface area contributed by atoms with Crippen molar-refractivity contribution >= 4 is 5.78 Å². The van der Waals surface area contributed by atoms with Gasteiger partial charge >= 0.3 is 0 Å². The molecule has 0 spiro atoms. The zero-order valence-electron chi connectivity index (χ0n) is 9.04. The molecule has 0 amide bonds. The first-order valence-electron chi connectivity index (χ1n) is 5.46. The van der Waals surface area contributed by atoms with Crippen LogP contribution in [-0.4, -0.2) is 24.0 Å². The van der Waals surface area contributed by atoms with Gasteiger partial charge in [-0.1, -0.05) is 0 Å². The van der Waals surface area contributed by atoms with Gasteiger partial charge in [0.2, 0.25) is 0 Å². The van der Waals surface area contributed by atoms with E-state index in [1.165, 1.54) is 5.56 Å². The fraction of sp³-hybridized carbons (Fsp3) is 0.583. The summed E-state index contributed by atoms with van der Waals surface area (Å²) < 4.78 is 5.30. The number of hydrogen-bond donors (Lipinski definition) is 1. The molecule has 1 saturated carbocycles. The van der Waals surface area contributed by atoms with Crippen molar-refractivity contribution in [3.63, 3.8) is 0 Å². The van der Waals surface area contributed by atoms with E-state index >= 15 is 0 Å². The number of carbonyl (C=O) groups is 1. The second kappa shape index (κ2) is 2.95. The monoisotopic (exact) mass is 205 g/mol. The molecule has 2 aliphatic rings. The topological polar surface area (TPSA) is 42.1 Å². The highest BCUT2D eigenvalue weighted by Gasteiger charge is 2.58. The highest BCUT2D eigenvalue weighted by atomic mass is 16.5. The molecular weight excluding hydrogens is 190 g/mol. The third-order valence-electron chi connectivity index (χ3n) is 3.90. The van der Waals surface area contributed by atoms with Crippen molar-refractivity contribution in [2.75, 3.05) is 13.2 Å². The summed E-state index contributed by atoms with van der Waals surface area (Å²) in [6, 6.07) is 0. The molecule has 2 unspecified atom stereocenters. The number of aromatic amines is 1. The normalized spacial score (nSPS) is 32.8. The number of aromatic nitrogens is 1. The Hall–Kier alpha value is -1.09. The van der Waals surface area contributed by atoms with Crippen molar-refractivity contribution in [2.24, 2.45) is 17.8 Å². The number of nitrogens with one attached hydrogen (secondary N) is 1. The Morgan fingerprint density at radius 2 is 2.07 bits per heavy atom. The maximum Gasteiger partial charge on any atom is 0.183 e. The van der Waals surface area contributed by atoms with Crippen LogP contribution in [-0.2, 0) is 4.74 Å². The van der Waals surface area contributed by atoms with Crippen molar-refractivity contribution in [1.29, 1.82) is 0 Å². The minimum atomic E-state index is 0.232. The molecule has 2 heterocycles. The van der Waals surface area contributed by atoms with Gasteiger partial charge in [0.15, 0.2) is 5.78 Å². The first-order chi connectivity index (χ1) is 7.20. The molecule has 1 aliphatic carbocycles. The van der Waals surface area contributed by atoms with Crippen molar-refractivity contribution in [3.05, 3.63) is 23.0 Å². The second-order valence-electron chi connectivity index (χ2n) is 4.73. The number of rotatable bonds is 2. The van der Waals surface area contributed by atoms with Gasteiger partial charge in [0, 0.05) is 12.1 Å². The zero-order chi connectivity index (χ0) is 10.6. The minimum Gasteiger partial charge on any atom is -0.381 e. The second-order valence-corrected chi connectivity index (χ2v) is 4.73. The smallest absolute Gasteiger partial charge is 0.183 e. The third kappa shape index (κ3) is 1.19. The Labute approximate surface area is 88.8 Å². The Morgan fingerprint density at radius 1 is 1.40 bits per heavy atom. The Kier molecular flexibility index (Phi) is 1.80. The number of fused-ring (bicyclic) bond motifs is 1. The van der Waals surface area contributed by atoms with Crippen LogP contribution in [0.4, 0.5) is 0 Å². The Morgan fingerprint density at radius 3 is 2.60 bits per heavy atom. The van der Waals surface area contributed by atoms with Crippen LogP contribution in [0.25, 0.3) is 0 Å². The number of aryl methyl sites for hydroxylation is 1. The molecule has 2 fully saturated rings. The van der Waals surface area contributed by atoms with Crippen LogP contribution in [0, 0.1) is 31.6 Å². The van der Waals surface area contributed by atoms with Crippen molar-refractivity contribution in [2.45, 2.75) is 13.8 Å². The number of ether oxygens (including phenoxy) is 1. The van der Waals surface area contributed by atoms with Gasteiger partial charge in [-0.3, -0.25) is 4.79 Å². The summed E-state index contributed by atoms with van der Waals surface area (Å²) >= 11 is 0. The third-order valence-corrected chi connectivity index (χ3v) is 3.90. The van der Waals surface area contributed by atoms with E-state index in [-0.39, 0.29) is 5.92 Å². The number of hydrogen-bond acceptors (Lipinski definition) is 2. The lowest BCUT2D eigenvalue weighted by atomic mass is 10.1. The molecule has 1 aromatic heterocycles. The molecule has 1 aliphatic heterocycles. The summed E-state index contributed by atoms with van der Waals surface area (Å²) in [5.41, 5.74) is 3.08. The summed E-state index contributed by atoms with van der Waals surface area (Å²) in [5.74, 6) is 1.52. The Balaban J connectivity index is 1.84. The van der Waals surface area contributed by atoms with Crippen LogP contribution < -0.4 is 0 Å². The molecule has 15 heavy (non-hydrogen) atoms. The maximum atomic E-state index is 12.2. The van der Waals surface area contributed by atoms with Crippen LogP contribution in [0.5, 0.6) is 0 Å². The van der Waals surface area contributed by atoms with Gasteiger partial charge in [-0.2, -0.15) is 0 Å². The standard InChI is InChI=1S/C12H15NO2/c1-6-3-13-11(7(6)2)12(14)10-8-4-15-5-9(8)10/h3,8-10,13H,4-5H2,1-2H3. The van der Waals surface area contributed by atoms with Gasteiger partial charge in [0.05, 0.1) is 18.9 Å². The molecule has 80 valence electrons. The average molecular weight is 205 g/mol. The lowest BCUT2D eigenvalue weighted by molar-refractivity contribution is 0.0888. The molecule has 1 N–H and O–H groups in total. The van der Waals surface area contributed by atoms with Crippen LogP contribution in [0.2, 0.25) is 0 Å². The summed E-state index contributed by atoms with van der Waals surface area (Å²) in [5, 5.41) is 0. The van der Waals surface area contributed by atoms with Gasteiger partial charge in [0.25, 0.3) is 0 Å². The SMILES string of the molecule is Cc1c[nH]c(C(=O)C2C3COCC32)c1C. The van der Waals surface area contributed by atoms with E-state index in [2.05, 4.69) is 4.98 Å². The van der Waals surface area contributed by atoms with Gasteiger partial charge < -0.3 is 9.72 Å². The van der Waals surface area contributed by atoms with Crippen molar-refractivity contribution in [3.8, 4) is 0 Å². The number of carbonyl (C=O) groups excluding carboxylic acids is 1. The molecule has 0 bridgehead atoms. The number of Topliss-reactive ketones (excluding diaryl/α,β-unsaturated/α-hetero) is 1. The molecule has 1 saturated heterocycles. The van der Waals surface area contributed by atoms with E-state index in [0.29, 0.717) is 17.6 Å². The quantitative estimate of drug-likeness (QED) is 0.747. The zero-order valence-corrected chi connectivity index (χ0v) is 9.04.